The molecular weight excluding hydrogens is 624 g/mol. The van der Waals surface area contributed by atoms with Gasteiger partial charge in [-0.25, -0.2) is 0 Å². The summed E-state index contributed by atoms with van der Waals surface area (Å²) in [7, 11) is 0. The number of carbonyl (C=O) groups is 3. The zero-order valence-electron chi connectivity index (χ0n) is 25.3. The van der Waals surface area contributed by atoms with E-state index in [1.54, 1.807) is 34.6 Å². The molecule has 0 aromatic rings. The van der Waals surface area contributed by atoms with Gasteiger partial charge in [-0.1, -0.05) is 133 Å². The van der Waals surface area contributed by atoms with Gasteiger partial charge >= 0.3 is 37.3 Å². The van der Waals surface area contributed by atoms with E-state index in [4.69, 9.17) is 0 Å². The van der Waals surface area contributed by atoms with Gasteiger partial charge in [-0.2, -0.15) is 0 Å². The Morgan fingerprint density at radius 2 is 0.811 bits per heavy atom. The van der Waals surface area contributed by atoms with Crippen LogP contribution >= 0.6 is 0 Å². The van der Waals surface area contributed by atoms with Crippen molar-refractivity contribution >= 4 is 17.9 Å². The summed E-state index contributed by atoms with van der Waals surface area (Å²) in [6, 6.07) is 0. The number of rotatable bonds is 18. The van der Waals surface area contributed by atoms with Crippen LogP contribution < -0.4 is 15.3 Å². The van der Waals surface area contributed by atoms with Crippen molar-refractivity contribution in [2.45, 2.75) is 159 Å². The summed E-state index contributed by atoms with van der Waals surface area (Å²) in [5, 5.41) is 32.0. The van der Waals surface area contributed by atoms with Gasteiger partial charge in [0.15, 0.2) is 0 Å². The molecule has 0 aromatic carbocycles. The number of carboxylic acids is 3. The minimum Gasteiger partial charge on any atom is -0.550 e. The van der Waals surface area contributed by atoms with Crippen molar-refractivity contribution in [3.05, 3.63) is 0 Å². The van der Waals surface area contributed by atoms with Crippen LogP contribution in [0.4, 0.5) is 0 Å². The molecule has 0 amide bonds. The van der Waals surface area contributed by atoms with Gasteiger partial charge in [0.05, 0.1) is 0 Å². The van der Waals surface area contributed by atoms with E-state index in [-0.39, 0.29) is 37.3 Å². The van der Waals surface area contributed by atoms with Crippen LogP contribution in [0.1, 0.15) is 159 Å². The first-order valence-electron chi connectivity index (χ1n) is 14.2. The van der Waals surface area contributed by atoms with E-state index in [9.17, 15) is 29.7 Å². The third-order valence-corrected chi connectivity index (χ3v) is 6.79. The van der Waals surface area contributed by atoms with E-state index in [1.165, 1.54) is 25.7 Å². The van der Waals surface area contributed by atoms with Gasteiger partial charge in [0.25, 0.3) is 0 Å². The molecule has 1 radical (unpaired) electrons. The number of carboxylic acid groups (broad SMARTS) is 3. The second-order valence-electron chi connectivity index (χ2n) is 11.7. The molecule has 7 heteroatoms. The monoisotopic (exact) mass is 679 g/mol. The fourth-order valence-corrected chi connectivity index (χ4v) is 3.64. The first-order valence-corrected chi connectivity index (χ1v) is 14.2. The van der Waals surface area contributed by atoms with Crippen molar-refractivity contribution in [1.29, 1.82) is 0 Å². The van der Waals surface area contributed by atoms with Crippen LogP contribution in [0.2, 0.25) is 0 Å². The van der Waals surface area contributed by atoms with E-state index in [0.29, 0.717) is 0 Å². The first kappa shape index (κ1) is 43.7. The van der Waals surface area contributed by atoms with Crippen LogP contribution in [0.5, 0.6) is 0 Å². The maximum Gasteiger partial charge on any atom is 3.00 e. The summed E-state index contributed by atoms with van der Waals surface area (Å²) in [6.45, 7) is 17.1. The molecule has 0 aliphatic carbocycles. The second kappa shape index (κ2) is 24.7. The van der Waals surface area contributed by atoms with E-state index >= 15 is 0 Å². The van der Waals surface area contributed by atoms with E-state index in [1.807, 2.05) is 6.92 Å². The minimum atomic E-state index is -0.931. The summed E-state index contributed by atoms with van der Waals surface area (Å²) >= 11 is 0. The largest absolute Gasteiger partial charge is 3.00 e. The van der Waals surface area contributed by atoms with Gasteiger partial charge in [0.1, 0.15) is 0 Å². The first-order chi connectivity index (χ1) is 16.6. The SMILES string of the molecule is CCCCC(C)(CCC)C(=O)[O-].CCCCCCC(C)(C)C(=O)[O-].CCCCCCC(C)(C)C(=O)[O-].[Er+3]. The van der Waals surface area contributed by atoms with E-state index < -0.39 is 34.2 Å². The number of hydrogen-bond donors (Lipinski definition) is 0. The molecule has 0 spiro atoms. The molecule has 0 fully saturated rings. The van der Waals surface area contributed by atoms with Crippen molar-refractivity contribution in [1.82, 2.24) is 0 Å². The second-order valence-corrected chi connectivity index (χ2v) is 11.7. The van der Waals surface area contributed by atoms with Gasteiger partial charge in [0, 0.05) is 34.2 Å². The third kappa shape index (κ3) is 24.4. The molecule has 0 heterocycles. The van der Waals surface area contributed by atoms with Gasteiger partial charge in [-0.05, 0) is 25.7 Å². The van der Waals surface area contributed by atoms with Crippen LogP contribution in [-0.4, -0.2) is 17.9 Å². The van der Waals surface area contributed by atoms with Gasteiger partial charge in [-0.15, -0.1) is 0 Å². The fraction of sp³-hybridized carbons (Fsp3) is 0.900. The van der Waals surface area contributed by atoms with Crippen molar-refractivity contribution in [2.24, 2.45) is 16.2 Å². The van der Waals surface area contributed by atoms with Crippen molar-refractivity contribution in [2.75, 3.05) is 0 Å². The topological polar surface area (TPSA) is 120 Å². The smallest absolute Gasteiger partial charge is 0.550 e. The average Bonchev–Trinajstić information content (AvgIpc) is 2.79. The third-order valence-electron chi connectivity index (χ3n) is 6.79. The van der Waals surface area contributed by atoms with Gasteiger partial charge in [-0.3, -0.25) is 0 Å². The molecule has 0 bridgehead atoms. The Hall–Kier alpha value is -0.343. The molecule has 0 saturated heterocycles. The van der Waals surface area contributed by atoms with Crippen molar-refractivity contribution < 1.29 is 67.0 Å². The Bertz CT molecular complexity index is 555. The number of hydrogen-bond acceptors (Lipinski definition) is 6. The van der Waals surface area contributed by atoms with Crippen LogP contribution in [0.15, 0.2) is 0 Å². The Morgan fingerprint density at radius 3 is 1.05 bits per heavy atom. The molecule has 1 unspecified atom stereocenters. The van der Waals surface area contributed by atoms with E-state index in [2.05, 4.69) is 20.8 Å². The average molecular weight is 681 g/mol. The maximum atomic E-state index is 10.8. The number of unbranched alkanes of at least 4 members (excludes halogenated alkanes) is 7. The van der Waals surface area contributed by atoms with Crippen molar-refractivity contribution in [3.8, 4) is 0 Å². The Balaban J connectivity index is -0.000000218. The molecule has 6 nitrogen and oxygen atoms in total. The predicted octanol–water partition coefficient (Wildman–Crippen LogP) is 5.20. The molecule has 0 aliphatic rings. The fourth-order valence-electron chi connectivity index (χ4n) is 3.64. The molecule has 0 aromatic heterocycles. The Morgan fingerprint density at radius 1 is 0.459 bits per heavy atom. The van der Waals surface area contributed by atoms with Crippen LogP contribution in [-0.2, 0) is 14.4 Å². The number of carbonyl (C=O) groups excluding carboxylic acids is 3. The molecule has 37 heavy (non-hydrogen) atoms. The normalized spacial score (nSPS) is 12.6. The summed E-state index contributed by atoms with van der Waals surface area (Å²) in [5.41, 5.74) is -1.88. The van der Waals surface area contributed by atoms with Crippen LogP contribution in [0, 0.1) is 53.6 Å². The quantitative estimate of drug-likeness (QED) is 0.184. The molecule has 0 N–H and O–H groups in total. The molecular formula is C30H57ErO6. The molecule has 0 aliphatic heterocycles. The summed E-state index contributed by atoms with van der Waals surface area (Å²) in [4.78, 5) is 32.0. The zero-order valence-corrected chi connectivity index (χ0v) is 27.2. The number of aliphatic carboxylic acids is 3. The van der Waals surface area contributed by atoms with Gasteiger partial charge in [0.2, 0.25) is 0 Å². The Labute approximate surface area is 258 Å². The summed E-state index contributed by atoms with van der Waals surface area (Å²) in [6.07, 6.45) is 14.9. The minimum absolute atomic E-state index is 0. The summed E-state index contributed by atoms with van der Waals surface area (Å²) in [5.74, 6) is -2.75. The Kier molecular flexibility index (Phi) is 29.1. The summed E-state index contributed by atoms with van der Waals surface area (Å²) < 4.78 is 0. The van der Waals surface area contributed by atoms with Crippen LogP contribution in [0.25, 0.3) is 0 Å². The zero-order chi connectivity index (χ0) is 28.8. The molecule has 0 saturated carbocycles. The predicted molar refractivity (Wildman–Crippen MR) is 143 cm³/mol. The maximum absolute atomic E-state index is 10.8. The van der Waals surface area contributed by atoms with E-state index in [0.717, 1.165) is 70.6 Å². The molecule has 0 rings (SSSR count). The molecule has 225 valence electrons. The molecule has 1 atom stereocenters. The standard InChI is InChI=1S/3C10H20O2.Er/c2*1-4-5-6-7-8-10(2,3)9(11)12;1-4-6-8-10(3,7-5-2)9(11)12;/h3*4-8H2,1-3H3,(H,11,12);/q;;;+3/p-3. The van der Waals surface area contributed by atoms with Crippen molar-refractivity contribution in [3.63, 3.8) is 0 Å². The van der Waals surface area contributed by atoms with Gasteiger partial charge < -0.3 is 29.7 Å². The van der Waals surface area contributed by atoms with Crippen LogP contribution in [0.3, 0.4) is 0 Å².